The number of piperidine rings is 1. The molecule has 0 aromatic carbocycles. The lowest BCUT2D eigenvalue weighted by Crippen LogP contribution is -2.26. The third kappa shape index (κ3) is 3.01. The van der Waals surface area contributed by atoms with Crippen LogP contribution < -0.4 is 5.32 Å². The van der Waals surface area contributed by atoms with E-state index in [0.29, 0.717) is 5.92 Å². The smallest absolute Gasteiger partial charge is 0.159 e. The van der Waals surface area contributed by atoms with Crippen molar-refractivity contribution in [1.82, 2.24) is 10.3 Å². The summed E-state index contributed by atoms with van der Waals surface area (Å²) in [5.74, 6) is 0.689. The van der Waals surface area contributed by atoms with Crippen LogP contribution in [0.15, 0.2) is 9.30 Å². The Morgan fingerprint density at radius 1 is 1.46 bits per heavy atom. The Morgan fingerprint density at radius 3 is 2.69 bits per heavy atom. The van der Waals surface area contributed by atoms with Gasteiger partial charge in [-0.1, -0.05) is 0 Å². The van der Waals surface area contributed by atoms with Gasteiger partial charge in [-0.15, -0.1) is 28.3 Å². The zero-order valence-corrected chi connectivity index (χ0v) is 11.2. The summed E-state index contributed by atoms with van der Waals surface area (Å²) in [6, 6.07) is 0. The summed E-state index contributed by atoms with van der Waals surface area (Å²) in [6.45, 7) is 2.28. The van der Waals surface area contributed by atoms with E-state index in [0.717, 1.165) is 17.0 Å². The van der Waals surface area contributed by atoms with Gasteiger partial charge in [-0.25, -0.2) is 4.98 Å². The predicted octanol–water partition coefficient (Wildman–Crippen LogP) is 2.95. The van der Waals surface area contributed by atoms with E-state index in [4.69, 9.17) is 0 Å². The number of hydrogen-bond acceptors (Lipinski definition) is 3. The Bertz CT molecular complexity index is 258. The molecule has 2 heterocycles. The summed E-state index contributed by atoms with van der Waals surface area (Å²) in [5.41, 5.74) is 1.27. The highest BCUT2D eigenvalue weighted by Crippen LogP contribution is 2.27. The number of aromatic nitrogens is 1. The van der Waals surface area contributed by atoms with Crippen molar-refractivity contribution in [1.29, 1.82) is 0 Å². The van der Waals surface area contributed by atoms with Gasteiger partial charge in [-0.2, -0.15) is 0 Å². The summed E-state index contributed by atoms with van der Waals surface area (Å²) in [5, 5.41) is 5.52. The van der Waals surface area contributed by atoms with E-state index in [1.54, 1.807) is 11.3 Å². The highest BCUT2D eigenvalue weighted by molar-refractivity contribution is 9.11. The molecule has 13 heavy (non-hydrogen) atoms. The van der Waals surface area contributed by atoms with Crippen molar-refractivity contribution in [3.05, 3.63) is 15.0 Å². The first-order valence-electron chi connectivity index (χ1n) is 4.18. The minimum absolute atomic E-state index is 0. The summed E-state index contributed by atoms with van der Waals surface area (Å²) in [7, 11) is 0. The van der Waals surface area contributed by atoms with Gasteiger partial charge in [0.25, 0.3) is 0 Å². The molecule has 0 amide bonds. The zero-order valence-electron chi connectivity index (χ0n) is 7.12. The van der Waals surface area contributed by atoms with E-state index < -0.39 is 0 Å². The van der Waals surface area contributed by atoms with E-state index in [1.165, 1.54) is 18.5 Å². The fraction of sp³-hybridized carbons (Fsp3) is 0.625. The maximum absolute atomic E-state index is 4.44. The lowest BCUT2D eigenvalue weighted by atomic mass is 9.96. The zero-order chi connectivity index (χ0) is 8.39. The number of nitrogens with one attached hydrogen (secondary N) is 1. The normalized spacial score (nSPS) is 18.2. The van der Waals surface area contributed by atoms with Crippen molar-refractivity contribution >= 4 is 44.2 Å². The minimum atomic E-state index is 0. The highest BCUT2D eigenvalue weighted by Gasteiger charge is 2.17. The minimum Gasteiger partial charge on any atom is -0.317 e. The molecule has 0 saturated carbocycles. The molecule has 1 aliphatic heterocycles. The van der Waals surface area contributed by atoms with Gasteiger partial charge in [0, 0.05) is 11.3 Å². The second kappa shape index (κ2) is 5.44. The second-order valence-electron chi connectivity index (χ2n) is 3.05. The van der Waals surface area contributed by atoms with Gasteiger partial charge < -0.3 is 5.32 Å². The molecule has 1 aliphatic rings. The molecule has 1 aromatic heterocycles. The molecule has 0 radical (unpaired) electrons. The second-order valence-corrected chi connectivity index (χ2v) is 5.18. The van der Waals surface area contributed by atoms with Crippen LogP contribution in [0.4, 0.5) is 0 Å². The summed E-state index contributed by atoms with van der Waals surface area (Å²) < 4.78 is 1.01. The summed E-state index contributed by atoms with van der Waals surface area (Å²) in [6.07, 6.45) is 2.46. The number of hydrogen-bond donors (Lipinski definition) is 1. The van der Waals surface area contributed by atoms with E-state index in [9.17, 15) is 0 Å². The maximum Gasteiger partial charge on any atom is 0.159 e. The first kappa shape index (κ1) is 11.6. The average molecular weight is 328 g/mol. The van der Waals surface area contributed by atoms with Crippen LogP contribution in [0.2, 0.25) is 0 Å². The molecule has 1 saturated heterocycles. The molecule has 0 unspecified atom stereocenters. The highest BCUT2D eigenvalue weighted by atomic mass is 79.9. The molecule has 0 aliphatic carbocycles. The molecule has 1 N–H and O–H groups in total. The first-order valence-corrected chi connectivity index (χ1v) is 5.85. The van der Waals surface area contributed by atoms with Crippen molar-refractivity contribution in [3.8, 4) is 0 Å². The van der Waals surface area contributed by atoms with E-state index >= 15 is 0 Å². The van der Waals surface area contributed by atoms with Crippen LogP contribution in [-0.2, 0) is 0 Å². The van der Waals surface area contributed by atoms with Crippen LogP contribution in [0.1, 0.15) is 24.5 Å². The Hall–Kier alpha value is 0.550. The number of thiazole rings is 1. The van der Waals surface area contributed by atoms with Gasteiger partial charge in [0.1, 0.15) is 0 Å². The monoisotopic (exact) mass is 326 g/mol. The Labute approximate surface area is 101 Å². The molecule has 1 aromatic rings. The summed E-state index contributed by atoms with van der Waals surface area (Å²) in [4.78, 5) is 4.44. The third-order valence-electron chi connectivity index (χ3n) is 2.25. The molecule has 0 bridgehead atoms. The molecule has 74 valence electrons. The molecule has 0 atom stereocenters. The largest absolute Gasteiger partial charge is 0.317 e. The SMILES string of the molecule is Br.Brc1nc(C2CCNCC2)cs1. The Balaban J connectivity index is 0.000000845. The topological polar surface area (TPSA) is 24.9 Å². The van der Waals surface area contributed by atoms with Crippen LogP contribution in [0.3, 0.4) is 0 Å². The standard InChI is InChI=1S/C8H11BrN2S.BrH/c9-8-11-7(5-12-8)6-1-3-10-4-2-6;/h5-6,10H,1-4H2;1H. The van der Waals surface area contributed by atoms with Crippen LogP contribution in [-0.4, -0.2) is 18.1 Å². The van der Waals surface area contributed by atoms with E-state index in [1.807, 2.05) is 0 Å². The number of rotatable bonds is 1. The van der Waals surface area contributed by atoms with Gasteiger partial charge in [0.2, 0.25) is 0 Å². The quantitative estimate of drug-likeness (QED) is 0.857. The lowest BCUT2D eigenvalue weighted by Gasteiger charge is -2.20. The van der Waals surface area contributed by atoms with Crippen LogP contribution >= 0.6 is 44.2 Å². The van der Waals surface area contributed by atoms with Crippen molar-refractivity contribution in [2.45, 2.75) is 18.8 Å². The van der Waals surface area contributed by atoms with E-state index in [-0.39, 0.29) is 17.0 Å². The molecular formula is C8H12Br2N2S. The molecule has 2 rings (SSSR count). The van der Waals surface area contributed by atoms with Gasteiger partial charge in [-0.05, 0) is 41.9 Å². The average Bonchev–Trinajstić information content (AvgIpc) is 2.54. The predicted molar refractivity (Wildman–Crippen MR) is 65.0 cm³/mol. The molecule has 1 fully saturated rings. The van der Waals surface area contributed by atoms with Gasteiger partial charge in [0.15, 0.2) is 3.92 Å². The van der Waals surface area contributed by atoms with Crippen molar-refractivity contribution in [2.75, 3.05) is 13.1 Å². The molecule has 2 nitrogen and oxygen atoms in total. The fourth-order valence-electron chi connectivity index (χ4n) is 1.57. The summed E-state index contributed by atoms with van der Waals surface area (Å²) >= 11 is 5.07. The van der Waals surface area contributed by atoms with Crippen molar-refractivity contribution in [3.63, 3.8) is 0 Å². The van der Waals surface area contributed by atoms with Gasteiger partial charge >= 0.3 is 0 Å². The Morgan fingerprint density at radius 2 is 2.15 bits per heavy atom. The van der Waals surface area contributed by atoms with Crippen molar-refractivity contribution < 1.29 is 0 Å². The van der Waals surface area contributed by atoms with Crippen molar-refractivity contribution in [2.24, 2.45) is 0 Å². The lowest BCUT2D eigenvalue weighted by molar-refractivity contribution is 0.454. The first-order chi connectivity index (χ1) is 5.86. The van der Waals surface area contributed by atoms with Crippen LogP contribution in [0.5, 0.6) is 0 Å². The Kier molecular flexibility index (Phi) is 4.86. The van der Waals surface area contributed by atoms with E-state index in [2.05, 4.69) is 31.6 Å². The maximum atomic E-state index is 4.44. The molecular weight excluding hydrogens is 316 g/mol. The van der Waals surface area contributed by atoms with Gasteiger partial charge in [-0.3, -0.25) is 0 Å². The van der Waals surface area contributed by atoms with Crippen LogP contribution in [0.25, 0.3) is 0 Å². The molecule has 5 heteroatoms. The van der Waals surface area contributed by atoms with Gasteiger partial charge in [0.05, 0.1) is 5.69 Å². The van der Waals surface area contributed by atoms with Crippen LogP contribution in [0, 0.1) is 0 Å². The number of nitrogens with zero attached hydrogens (tertiary/aromatic N) is 1. The third-order valence-corrected chi connectivity index (χ3v) is 3.63. The fourth-order valence-corrected chi connectivity index (χ4v) is 2.67. The number of halogens is 2. The molecule has 0 spiro atoms.